The Kier molecular flexibility index (Phi) is 6.03. The van der Waals surface area contributed by atoms with E-state index in [-0.39, 0.29) is 12.5 Å². The first-order valence-electron chi connectivity index (χ1n) is 5.21. The largest absolute Gasteiger partial charge is 0.394 e. The highest BCUT2D eigenvalue weighted by Gasteiger charge is 2.07. The van der Waals surface area contributed by atoms with Crippen molar-refractivity contribution in [3.63, 3.8) is 0 Å². The van der Waals surface area contributed by atoms with Gasteiger partial charge in [-0.1, -0.05) is 5.16 Å². The first-order chi connectivity index (χ1) is 8.11. The zero-order valence-corrected chi connectivity index (χ0v) is 10.4. The lowest BCUT2D eigenvalue weighted by Gasteiger charge is -2.05. The summed E-state index contributed by atoms with van der Waals surface area (Å²) >= 11 is 1.42. The van der Waals surface area contributed by atoms with Crippen LogP contribution in [0.4, 0.5) is 5.82 Å². The van der Waals surface area contributed by atoms with Gasteiger partial charge in [0.25, 0.3) is 0 Å². The number of carbonyl (C=O) groups excluding carboxylic acids is 1. The van der Waals surface area contributed by atoms with Crippen molar-refractivity contribution in [1.29, 1.82) is 0 Å². The smallest absolute Gasteiger partial charge is 0.226 e. The molecule has 7 heteroatoms. The van der Waals surface area contributed by atoms with Crippen LogP contribution in [0.15, 0.2) is 10.6 Å². The van der Waals surface area contributed by atoms with Crippen molar-refractivity contribution >= 4 is 23.5 Å². The van der Waals surface area contributed by atoms with E-state index in [4.69, 9.17) is 14.7 Å². The Morgan fingerprint density at radius 2 is 2.47 bits per heavy atom. The number of hydrogen-bond acceptors (Lipinski definition) is 6. The molecule has 0 aliphatic carbocycles. The Bertz CT molecular complexity index is 356. The van der Waals surface area contributed by atoms with Crippen LogP contribution in [0.2, 0.25) is 0 Å². The Morgan fingerprint density at radius 1 is 1.71 bits per heavy atom. The summed E-state index contributed by atoms with van der Waals surface area (Å²) in [6.45, 7) is 1.49. The molecule has 17 heavy (non-hydrogen) atoms. The van der Waals surface area contributed by atoms with Crippen LogP contribution >= 0.6 is 11.8 Å². The van der Waals surface area contributed by atoms with Crippen LogP contribution in [0.1, 0.15) is 12.2 Å². The molecule has 0 bridgehead atoms. The lowest BCUT2D eigenvalue weighted by molar-refractivity contribution is -0.115. The quantitative estimate of drug-likeness (QED) is 0.614. The van der Waals surface area contributed by atoms with Crippen molar-refractivity contribution in [3.8, 4) is 0 Å². The summed E-state index contributed by atoms with van der Waals surface area (Å²) in [5, 5.41) is 23.9. The number of nitrogens with one attached hydrogen (secondary N) is 1. The molecule has 6 nitrogen and oxygen atoms in total. The van der Waals surface area contributed by atoms with Gasteiger partial charge in [-0.05, 0) is 6.92 Å². The van der Waals surface area contributed by atoms with Crippen molar-refractivity contribution in [2.45, 2.75) is 19.4 Å². The molecule has 1 unspecified atom stereocenters. The fourth-order valence-corrected chi connectivity index (χ4v) is 1.94. The molecule has 1 aromatic rings. The van der Waals surface area contributed by atoms with E-state index >= 15 is 0 Å². The van der Waals surface area contributed by atoms with Gasteiger partial charge in [0.15, 0.2) is 5.82 Å². The third-order valence-electron chi connectivity index (χ3n) is 1.89. The van der Waals surface area contributed by atoms with Crippen LogP contribution in [-0.2, 0) is 4.79 Å². The van der Waals surface area contributed by atoms with Crippen LogP contribution in [0.25, 0.3) is 0 Å². The molecule has 0 fully saturated rings. The molecule has 96 valence electrons. The van der Waals surface area contributed by atoms with E-state index < -0.39 is 6.10 Å². The molecule has 0 aliphatic heterocycles. The first kappa shape index (κ1) is 14.0. The second kappa shape index (κ2) is 7.31. The van der Waals surface area contributed by atoms with Crippen LogP contribution in [-0.4, -0.2) is 45.5 Å². The normalized spacial score (nSPS) is 12.4. The summed E-state index contributed by atoms with van der Waals surface area (Å²) in [7, 11) is 0. The summed E-state index contributed by atoms with van der Waals surface area (Å²) in [6, 6.07) is 1.64. The number of rotatable bonds is 7. The minimum Gasteiger partial charge on any atom is -0.394 e. The number of nitrogens with zero attached hydrogens (tertiary/aromatic N) is 1. The Balaban J connectivity index is 2.13. The van der Waals surface area contributed by atoms with Gasteiger partial charge in [0.1, 0.15) is 5.76 Å². The van der Waals surface area contributed by atoms with Crippen molar-refractivity contribution in [3.05, 3.63) is 11.8 Å². The molecule has 1 rings (SSSR count). The monoisotopic (exact) mass is 260 g/mol. The van der Waals surface area contributed by atoms with Crippen molar-refractivity contribution < 1.29 is 19.5 Å². The predicted octanol–water partition coefficient (Wildman–Crippen LogP) is 0.398. The Hall–Kier alpha value is -1.05. The number of aliphatic hydroxyl groups is 2. The SMILES string of the molecule is Cc1cc(NC(=O)CCSCC(O)CO)no1. The summed E-state index contributed by atoms with van der Waals surface area (Å²) in [5.74, 6) is 1.91. The van der Waals surface area contributed by atoms with E-state index in [1.807, 2.05) is 0 Å². The average molecular weight is 260 g/mol. The highest BCUT2D eigenvalue weighted by Crippen LogP contribution is 2.09. The number of hydrogen-bond donors (Lipinski definition) is 3. The average Bonchev–Trinajstić information content (AvgIpc) is 2.69. The third-order valence-corrected chi connectivity index (χ3v) is 3.00. The number of aliphatic hydroxyl groups excluding tert-OH is 2. The molecule has 0 saturated carbocycles. The zero-order valence-electron chi connectivity index (χ0n) is 9.55. The molecular formula is C10H16N2O4S. The van der Waals surface area contributed by atoms with Crippen LogP contribution < -0.4 is 5.32 Å². The number of amides is 1. The topological polar surface area (TPSA) is 95.6 Å². The highest BCUT2D eigenvalue weighted by atomic mass is 32.2. The van der Waals surface area contributed by atoms with Crippen molar-refractivity contribution in [1.82, 2.24) is 5.16 Å². The molecule has 1 heterocycles. The first-order valence-corrected chi connectivity index (χ1v) is 6.37. The molecule has 0 saturated heterocycles. The molecular weight excluding hydrogens is 244 g/mol. The fraction of sp³-hybridized carbons (Fsp3) is 0.600. The second-order valence-corrected chi connectivity index (χ2v) is 4.68. The van der Waals surface area contributed by atoms with Gasteiger partial charge in [0.05, 0.1) is 12.7 Å². The summed E-state index contributed by atoms with van der Waals surface area (Å²) < 4.78 is 4.81. The minimum absolute atomic E-state index is 0.149. The van der Waals surface area contributed by atoms with E-state index in [2.05, 4.69) is 10.5 Å². The van der Waals surface area contributed by atoms with Crippen LogP contribution in [0.5, 0.6) is 0 Å². The molecule has 1 atom stereocenters. The van der Waals surface area contributed by atoms with Gasteiger partial charge in [-0.3, -0.25) is 4.79 Å². The summed E-state index contributed by atoms with van der Waals surface area (Å²) in [4.78, 5) is 11.4. The van der Waals surface area contributed by atoms with Crippen molar-refractivity contribution in [2.24, 2.45) is 0 Å². The number of aromatic nitrogens is 1. The van der Waals surface area contributed by atoms with Gasteiger partial charge in [-0.25, -0.2) is 0 Å². The van der Waals surface area contributed by atoms with Gasteiger partial charge < -0.3 is 20.1 Å². The van der Waals surface area contributed by atoms with Gasteiger partial charge >= 0.3 is 0 Å². The van der Waals surface area contributed by atoms with E-state index in [0.29, 0.717) is 29.5 Å². The van der Waals surface area contributed by atoms with Crippen LogP contribution in [0.3, 0.4) is 0 Å². The Labute approximate surface area is 103 Å². The van der Waals surface area contributed by atoms with E-state index in [0.717, 1.165) is 0 Å². The maximum atomic E-state index is 11.4. The van der Waals surface area contributed by atoms with Gasteiger partial charge in [-0.15, -0.1) is 0 Å². The lowest BCUT2D eigenvalue weighted by Crippen LogP contribution is -2.16. The fourth-order valence-electron chi connectivity index (χ4n) is 1.07. The van der Waals surface area contributed by atoms with E-state index in [9.17, 15) is 4.79 Å². The highest BCUT2D eigenvalue weighted by molar-refractivity contribution is 7.99. The summed E-state index contributed by atoms with van der Waals surface area (Å²) in [6.07, 6.45) is -0.393. The molecule has 1 amide bonds. The predicted molar refractivity (Wildman–Crippen MR) is 64.9 cm³/mol. The Morgan fingerprint density at radius 3 is 3.06 bits per heavy atom. The van der Waals surface area contributed by atoms with Gasteiger partial charge in [-0.2, -0.15) is 11.8 Å². The van der Waals surface area contributed by atoms with E-state index in [1.165, 1.54) is 11.8 Å². The number of aryl methyl sites for hydroxylation is 1. The standard InChI is InChI=1S/C10H16N2O4S/c1-7-4-9(12-16-7)11-10(15)2-3-17-6-8(14)5-13/h4,8,13-14H,2-3,5-6H2,1H3,(H,11,12,15). The maximum absolute atomic E-state index is 11.4. The molecule has 0 aliphatic rings. The number of thioether (sulfide) groups is 1. The summed E-state index contributed by atoms with van der Waals surface area (Å²) in [5.41, 5.74) is 0. The van der Waals surface area contributed by atoms with Crippen LogP contribution in [0, 0.1) is 6.92 Å². The van der Waals surface area contributed by atoms with Gasteiger partial charge in [0, 0.05) is 24.0 Å². The van der Waals surface area contributed by atoms with Crippen molar-refractivity contribution in [2.75, 3.05) is 23.4 Å². The third kappa shape index (κ3) is 5.71. The number of anilines is 1. The molecule has 0 radical (unpaired) electrons. The second-order valence-electron chi connectivity index (χ2n) is 3.53. The van der Waals surface area contributed by atoms with E-state index in [1.54, 1.807) is 13.0 Å². The minimum atomic E-state index is -0.721. The molecule has 3 N–H and O–H groups in total. The molecule has 0 aromatic carbocycles. The lowest BCUT2D eigenvalue weighted by atomic mass is 10.4. The maximum Gasteiger partial charge on any atom is 0.226 e. The zero-order chi connectivity index (χ0) is 12.7. The molecule has 0 spiro atoms. The molecule has 1 aromatic heterocycles. The van der Waals surface area contributed by atoms with Gasteiger partial charge in [0.2, 0.25) is 5.91 Å². The number of carbonyl (C=O) groups is 1.